The molecule has 1 saturated carbocycles. The Balaban J connectivity index is 1.76. The van der Waals surface area contributed by atoms with E-state index >= 15 is 0 Å². The van der Waals surface area contributed by atoms with Gasteiger partial charge in [0.1, 0.15) is 10.6 Å². The molecule has 3 aromatic heterocycles. The number of aliphatic hydroxyl groups excluding tert-OH is 1. The van der Waals surface area contributed by atoms with Crippen molar-refractivity contribution in [2.75, 3.05) is 5.32 Å². The zero-order valence-electron chi connectivity index (χ0n) is 13.9. The molecule has 0 bridgehead atoms. The normalized spacial score (nSPS) is 21.3. The fourth-order valence-corrected chi connectivity index (χ4v) is 4.97. The lowest BCUT2D eigenvalue weighted by atomic mass is 9.93. The Morgan fingerprint density at radius 2 is 1.96 bits per heavy atom. The van der Waals surface area contributed by atoms with E-state index in [4.69, 9.17) is 9.97 Å². The van der Waals surface area contributed by atoms with Crippen molar-refractivity contribution in [2.45, 2.75) is 51.7 Å². The summed E-state index contributed by atoms with van der Waals surface area (Å²) in [4.78, 5) is 13.1. The molecular formula is C18H21N3OS2. The molecule has 0 unspecified atom stereocenters. The summed E-state index contributed by atoms with van der Waals surface area (Å²) in [5.41, 5.74) is 1.27. The molecule has 0 saturated heterocycles. The maximum absolute atomic E-state index is 9.73. The van der Waals surface area contributed by atoms with E-state index < -0.39 is 0 Å². The molecule has 0 spiro atoms. The summed E-state index contributed by atoms with van der Waals surface area (Å²) >= 11 is 3.41. The van der Waals surface area contributed by atoms with Gasteiger partial charge in [-0.05, 0) is 56.5 Å². The Kier molecular flexibility index (Phi) is 4.28. The molecule has 0 aliphatic heterocycles. The van der Waals surface area contributed by atoms with Crippen molar-refractivity contribution in [3.63, 3.8) is 0 Å². The van der Waals surface area contributed by atoms with Crippen LogP contribution in [0.2, 0.25) is 0 Å². The Hall–Kier alpha value is -1.50. The number of nitrogens with zero attached hydrogens (tertiary/aromatic N) is 2. The van der Waals surface area contributed by atoms with E-state index in [0.29, 0.717) is 6.04 Å². The third kappa shape index (κ3) is 2.94. The Morgan fingerprint density at radius 3 is 2.67 bits per heavy atom. The zero-order valence-corrected chi connectivity index (χ0v) is 15.5. The minimum Gasteiger partial charge on any atom is -0.393 e. The van der Waals surface area contributed by atoms with Crippen LogP contribution < -0.4 is 5.32 Å². The van der Waals surface area contributed by atoms with Gasteiger partial charge in [0, 0.05) is 10.9 Å². The van der Waals surface area contributed by atoms with Gasteiger partial charge in [-0.25, -0.2) is 9.97 Å². The molecule has 3 aromatic rings. The third-order valence-corrected chi connectivity index (χ3v) is 6.77. The van der Waals surface area contributed by atoms with Crippen LogP contribution in [0.15, 0.2) is 17.5 Å². The van der Waals surface area contributed by atoms with Gasteiger partial charge in [-0.15, -0.1) is 22.7 Å². The lowest BCUT2D eigenvalue weighted by Crippen LogP contribution is -2.28. The standard InChI is InChI=1S/C18H21N3OS2/c1-10-11(2)24-18-15(10)17(19-12-5-7-13(22)8-6-12)20-16(21-18)14-4-3-9-23-14/h3-4,9,12-13,22H,5-8H2,1-2H3,(H,19,20,21). The van der Waals surface area contributed by atoms with Crippen LogP contribution >= 0.6 is 22.7 Å². The van der Waals surface area contributed by atoms with Crippen LogP contribution in [0.4, 0.5) is 5.82 Å². The summed E-state index contributed by atoms with van der Waals surface area (Å²) in [5, 5.41) is 16.6. The van der Waals surface area contributed by atoms with E-state index in [-0.39, 0.29) is 6.10 Å². The molecule has 24 heavy (non-hydrogen) atoms. The molecule has 3 heterocycles. The largest absolute Gasteiger partial charge is 0.393 e. The predicted molar refractivity (Wildman–Crippen MR) is 102 cm³/mol. The topological polar surface area (TPSA) is 58.0 Å². The highest BCUT2D eigenvalue weighted by Gasteiger charge is 2.22. The maximum Gasteiger partial charge on any atom is 0.173 e. The molecule has 1 fully saturated rings. The van der Waals surface area contributed by atoms with E-state index in [1.807, 2.05) is 6.07 Å². The molecule has 126 valence electrons. The predicted octanol–water partition coefficient (Wildman–Crippen LogP) is 4.75. The van der Waals surface area contributed by atoms with E-state index in [2.05, 4.69) is 30.6 Å². The van der Waals surface area contributed by atoms with Gasteiger partial charge < -0.3 is 10.4 Å². The molecule has 6 heteroatoms. The number of aryl methyl sites for hydroxylation is 2. The highest BCUT2D eigenvalue weighted by atomic mass is 32.1. The van der Waals surface area contributed by atoms with Crippen LogP contribution in [0.25, 0.3) is 20.9 Å². The number of thiophene rings is 2. The number of hydrogen-bond acceptors (Lipinski definition) is 6. The average molecular weight is 360 g/mol. The first kappa shape index (κ1) is 16.0. The van der Waals surface area contributed by atoms with Crippen LogP contribution in [0.3, 0.4) is 0 Å². The van der Waals surface area contributed by atoms with Crippen molar-refractivity contribution in [3.05, 3.63) is 28.0 Å². The van der Waals surface area contributed by atoms with Crippen LogP contribution in [0.5, 0.6) is 0 Å². The second-order valence-electron chi connectivity index (χ2n) is 6.49. The highest BCUT2D eigenvalue weighted by molar-refractivity contribution is 7.19. The molecule has 0 radical (unpaired) electrons. The SMILES string of the molecule is Cc1sc2nc(-c3cccs3)nc(NC3CCC(O)CC3)c2c1C. The van der Waals surface area contributed by atoms with E-state index in [9.17, 15) is 5.11 Å². The maximum atomic E-state index is 9.73. The lowest BCUT2D eigenvalue weighted by Gasteiger charge is -2.27. The average Bonchev–Trinajstić information content (AvgIpc) is 3.19. The van der Waals surface area contributed by atoms with Crippen LogP contribution in [0, 0.1) is 13.8 Å². The number of fused-ring (bicyclic) bond motifs is 1. The van der Waals surface area contributed by atoms with Gasteiger partial charge in [0.05, 0.1) is 16.4 Å². The minimum atomic E-state index is -0.139. The van der Waals surface area contributed by atoms with Crippen molar-refractivity contribution in [1.82, 2.24) is 9.97 Å². The second kappa shape index (κ2) is 6.43. The molecule has 1 aliphatic rings. The number of hydrogen-bond donors (Lipinski definition) is 2. The van der Waals surface area contributed by atoms with Crippen molar-refractivity contribution < 1.29 is 5.11 Å². The fourth-order valence-electron chi connectivity index (χ4n) is 3.28. The van der Waals surface area contributed by atoms with Crippen molar-refractivity contribution >= 4 is 38.7 Å². The Bertz CT molecular complexity index is 849. The molecule has 0 amide bonds. The second-order valence-corrected chi connectivity index (χ2v) is 8.64. The van der Waals surface area contributed by atoms with Crippen LogP contribution in [-0.4, -0.2) is 27.2 Å². The summed E-state index contributed by atoms with van der Waals surface area (Å²) in [6.45, 7) is 4.30. The van der Waals surface area contributed by atoms with Crippen LogP contribution in [-0.2, 0) is 0 Å². The Morgan fingerprint density at radius 1 is 1.17 bits per heavy atom. The van der Waals surface area contributed by atoms with E-state index in [1.54, 1.807) is 22.7 Å². The molecule has 4 nitrogen and oxygen atoms in total. The van der Waals surface area contributed by atoms with Gasteiger partial charge in [-0.1, -0.05) is 6.07 Å². The van der Waals surface area contributed by atoms with E-state index in [1.165, 1.54) is 10.4 Å². The van der Waals surface area contributed by atoms with E-state index in [0.717, 1.165) is 52.4 Å². The fraction of sp³-hybridized carbons (Fsp3) is 0.444. The number of aromatic nitrogens is 2. The molecule has 0 aromatic carbocycles. The quantitative estimate of drug-likeness (QED) is 0.708. The first-order valence-electron chi connectivity index (χ1n) is 8.38. The summed E-state index contributed by atoms with van der Waals surface area (Å²) in [6, 6.07) is 4.48. The summed E-state index contributed by atoms with van der Waals surface area (Å²) in [5.74, 6) is 1.75. The number of nitrogens with one attached hydrogen (secondary N) is 1. The first-order chi connectivity index (χ1) is 11.6. The number of anilines is 1. The first-order valence-corrected chi connectivity index (χ1v) is 10.1. The number of rotatable bonds is 3. The van der Waals surface area contributed by atoms with Crippen molar-refractivity contribution in [3.8, 4) is 10.7 Å². The smallest absolute Gasteiger partial charge is 0.173 e. The highest BCUT2D eigenvalue weighted by Crippen LogP contribution is 2.36. The van der Waals surface area contributed by atoms with Gasteiger partial charge in [-0.3, -0.25) is 0 Å². The van der Waals surface area contributed by atoms with Gasteiger partial charge in [0.2, 0.25) is 0 Å². The monoisotopic (exact) mass is 359 g/mol. The van der Waals surface area contributed by atoms with Crippen molar-refractivity contribution in [2.24, 2.45) is 0 Å². The molecule has 2 N–H and O–H groups in total. The Labute approximate surface area is 149 Å². The van der Waals surface area contributed by atoms with Gasteiger partial charge >= 0.3 is 0 Å². The molecular weight excluding hydrogens is 338 g/mol. The number of aliphatic hydroxyl groups is 1. The van der Waals surface area contributed by atoms with Crippen molar-refractivity contribution in [1.29, 1.82) is 0 Å². The summed E-state index contributed by atoms with van der Waals surface area (Å²) < 4.78 is 0. The summed E-state index contributed by atoms with van der Waals surface area (Å²) in [6.07, 6.45) is 3.57. The molecule has 4 rings (SSSR count). The van der Waals surface area contributed by atoms with Crippen LogP contribution in [0.1, 0.15) is 36.1 Å². The van der Waals surface area contributed by atoms with Gasteiger partial charge in [0.25, 0.3) is 0 Å². The molecule has 0 atom stereocenters. The molecule has 1 aliphatic carbocycles. The van der Waals surface area contributed by atoms with Gasteiger partial charge in [-0.2, -0.15) is 0 Å². The lowest BCUT2D eigenvalue weighted by molar-refractivity contribution is 0.126. The zero-order chi connectivity index (χ0) is 16.7. The third-order valence-electron chi connectivity index (χ3n) is 4.81. The van der Waals surface area contributed by atoms with Gasteiger partial charge in [0.15, 0.2) is 5.82 Å². The summed E-state index contributed by atoms with van der Waals surface area (Å²) in [7, 11) is 0. The minimum absolute atomic E-state index is 0.139.